The van der Waals surface area contributed by atoms with Crippen molar-refractivity contribution in [3.8, 4) is 5.75 Å². The van der Waals surface area contributed by atoms with E-state index in [1.54, 1.807) is 23.6 Å². The number of thioether (sulfide) groups is 1. The first-order chi connectivity index (χ1) is 10.2. The Morgan fingerprint density at radius 2 is 2.00 bits per heavy atom. The number of carbonyl (C=O) groups excluding carboxylic acids is 1. The number of para-hydroxylation sites is 1. The van der Waals surface area contributed by atoms with E-state index in [1.807, 2.05) is 54.8 Å². The average molecular weight is 299 g/mol. The van der Waals surface area contributed by atoms with Crippen LogP contribution in [0.15, 0.2) is 53.4 Å². The molecule has 3 nitrogen and oxygen atoms in total. The number of carbonyl (C=O) groups is 1. The number of fused-ring (bicyclic) bond motifs is 1. The highest BCUT2D eigenvalue weighted by molar-refractivity contribution is 7.98. The molecule has 0 spiro atoms. The largest absolute Gasteiger partial charge is 0.481 e. The molecule has 1 unspecified atom stereocenters. The highest BCUT2D eigenvalue weighted by atomic mass is 32.2. The van der Waals surface area contributed by atoms with Crippen molar-refractivity contribution in [1.29, 1.82) is 0 Å². The van der Waals surface area contributed by atoms with Crippen LogP contribution in [0.1, 0.15) is 12.5 Å². The van der Waals surface area contributed by atoms with Crippen molar-refractivity contribution in [3.05, 3.63) is 54.1 Å². The maximum absolute atomic E-state index is 12.6. The molecule has 0 N–H and O–H groups in total. The molecule has 2 aromatic rings. The van der Waals surface area contributed by atoms with Gasteiger partial charge in [0, 0.05) is 16.1 Å². The van der Waals surface area contributed by atoms with Gasteiger partial charge in [-0.15, -0.1) is 11.8 Å². The monoisotopic (exact) mass is 299 g/mol. The molecule has 108 valence electrons. The van der Waals surface area contributed by atoms with Crippen LogP contribution in [0.4, 0.5) is 5.69 Å². The molecule has 0 fully saturated rings. The first-order valence-electron chi connectivity index (χ1n) is 6.89. The molecule has 0 aliphatic carbocycles. The van der Waals surface area contributed by atoms with E-state index < -0.39 is 6.10 Å². The fraction of sp³-hybridized carbons (Fsp3) is 0.235. The molecule has 0 radical (unpaired) electrons. The standard InChI is InChI=1S/C17H17NO2S/c1-12-17(19)18(14-7-5-8-15(10-14)21-2)11-13-6-3-4-9-16(13)20-12/h3-10,12H,11H2,1-2H3. The second kappa shape index (κ2) is 5.82. The summed E-state index contributed by atoms with van der Waals surface area (Å²) in [7, 11) is 0. The summed E-state index contributed by atoms with van der Waals surface area (Å²) in [6.07, 6.45) is 1.55. The Hall–Kier alpha value is -1.94. The Morgan fingerprint density at radius 1 is 1.19 bits per heavy atom. The molecule has 1 aliphatic heterocycles. The molecule has 21 heavy (non-hydrogen) atoms. The van der Waals surface area contributed by atoms with Crippen molar-refractivity contribution >= 4 is 23.4 Å². The van der Waals surface area contributed by atoms with Crippen molar-refractivity contribution in [1.82, 2.24) is 0 Å². The Morgan fingerprint density at radius 3 is 2.81 bits per heavy atom. The van der Waals surface area contributed by atoms with Gasteiger partial charge in [0.2, 0.25) is 0 Å². The fourth-order valence-corrected chi connectivity index (χ4v) is 2.91. The number of amides is 1. The lowest BCUT2D eigenvalue weighted by atomic mass is 10.2. The molecular formula is C17H17NO2S. The second-order valence-electron chi connectivity index (χ2n) is 4.99. The SMILES string of the molecule is CSc1cccc(N2Cc3ccccc3OC(C)C2=O)c1. The predicted molar refractivity (Wildman–Crippen MR) is 85.9 cm³/mol. The third kappa shape index (κ3) is 2.76. The maximum Gasteiger partial charge on any atom is 0.268 e. The molecule has 1 aliphatic rings. The zero-order chi connectivity index (χ0) is 14.8. The number of ether oxygens (including phenoxy) is 1. The molecular weight excluding hydrogens is 282 g/mol. The topological polar surface area (TPSA) is 29.5 Å². The molecule has 0 bridgehead atoms. The molecule has 0 saturated heterocycles. The maximum atomic E-state index is 12.6. The molecule has 0 aromatic heterocycles. The zero-order valence-electron chi connectivity index (χ0n) is 12.1. The van der Waals surface area contributed by atoms with E-state index in [-0.39, 0.29) is 5.91 Å². The highest BCUT2D eigenvalue weighted by Crippen LogP contribution is 2.30. The zero-order valence-corrected chi connectivity index (χ0v) is 12.9. The molecule has 3 rings (SSSR count). The van der Waals surface area contributed by atoms with Crippen molar-refractivity contribution < 1.29 is 9.53 Å². The highest BCUT2D eigenvalue weighted by Gasteiger charge is 2.28. The predicted octanol–water partition coefficient (Wildman–Crippen LogP) is 3.72. The summed E-state index contributed by atoms with van der Waals surface area (Å²) in [5.74, 6) is 0.784. The Bertz CT molecular complexity index is 671. The first-order valence-corrected chi connectivity index (χ1v) is 8.11. The Kier molecular flexibility index (Phi) is 3.88. The van der Waals surface area contributed by atoms with Crippen LogP contribution in [-0.4, -0.2) is 18.3 Å². The second-order valence-corrected chi connectivity index (χ2v) is 5.87. The van der Waals surface area contributed by atoms with Gasteiger partial charge in [-0.1, -0.05) is 24.3 Å². The van der Waals surface area contributed by atoms with Gasteiger partial charge in [-0.25, -0.2) is 0 Å². The van der Waals surface area contributed by atoms with Crippen molar-refractivity contribution in [2.45, 2.75) is 24.5 Å². The summed E-state index contributed by atoms with van der Waals surface area (Å²) >= 11 is 1.67. The van der Waals surface area contributed by atoms with Gasteiger partial charge in [0.1, 0.15) is 5.75 Å². The van der Waals surface area contributed by atoms with Crippen LogP contribution in [0, 0.1) is 0 Å². The number of anilines is 1. The van der Waals surface area contributed by atoms with Crippen LogP contribution < -0.4 is 9.64 Å². The van der Waals surface area contributed by atoms with Gasteiger partial charge in [-0.2, -0.15) is 0 Å². The van der Waals surface area contributed by atoms with Crippen LogP contribution in [0.5, 0.6) is 5.75 Å². The van der Waals surface area contributed by atoms with Crippen LogP contribution in [0.3, 0.4) is 0 Å². The molecule has 1 atom stereocenters. The third-order valence-electron chi connectivity index (χ3n) is 3.58. The summed E-state index contributed by atoms with van der Waals surface area (Å²) in [6, 6.07) is 15.9. The minimum Gasteiger partial charge on any atom is -0.481 e. The van der Waals surface area contributed by atoms with Gasteiger partial charge in [0.05, 0.1) is 6.54 Å². The van der Waals surface area contributed by atoms with E-state index in [2.05, 4.69) is 0 Å². The lowest BCUT2D eigenvalue weighted by molar-refractivity contribution is -0.124. The van der Waals surface area contributed by atoms with E-state index in [4.69, 9.17) is 4.74 Å². The lowest BCUT2D eigenvalue weighted by Gasteiger charge is -2.22. The minimum atomic E-state index is -0.480. The Labute approximate surface area is 128 Å². The van der Waals surface area contributed by atoms with E-state index in [0.29, 0.717) is 6.54 Å². The summed E-state index contributed by atoms with van der Waals surface area (Å²) < 4.78 is 5.78. The smallest absolute Gasteiger partial charge is 0.268 e. The van der Waals surface area contributed by atoms with Crippen molar-refractivity contribution in [2.24, 2.45) is 0 Å². The van der Waals surface area contributed by atoms with Gasteiger partial charge < -0.3 is 9.64 Å². The molecule has 4 heteroatoms. The van der Waals surface area contributed by atoms with Crippen LogP contribution in [0.2, 0.25) is 0 Å². The van der Waals surface area contributed by atoms with Gasteiger partial charge in [0.15, 0.2) is 6.10 Å². The molecule has 2 aromatic carbocycles. The Balaban J connectivity index is 2.02. The van der Waals surface area contributed by atoms with E-state index in [1.165, 1.54) is 0 Å². The van der Waals surface area contributed by atoms with Gasteiger partial charge in [0.25, 0.3) is 5.91 Å². The summed E-state index contributed by atoms with van der Waals surface area (Å²) in [5, 5.41) is 0. The molecule has 1 heterocycles. The number of rotatable bonds is 2. The van der Waals surface area contributed by atoms with Gasteiger partial charge in [-0.05, 0) is 37.4 Å². The fourth-order valence-electron chi connectivity index (χ4n) is 2.45. The minimum absolute atomic E-state index is 0.00977. The van der Waals surface area contributed by atoms with E-state index in [9.17, 15) is 4.79 Å². The normalized spacial score (nSPS) is 17.9. The van der Waals surface area contributed by atoms with Crippen LogP contribution in [0.25, 0.3) is 0 Å². The lowest BCUT2D eigenvalue weighted by Crippen LogP contribution is -2.38. The van der Waals surface area contributed by atoms with Crippen molar-refractivity contribution in [2.75, 3.05) is 11.2 Å². The van der Waals surface area contributed by atoms with Gasteiger partial charge in [-0.3, -0.25) is 4.79 Å². The quantitative estimate of drug-likeness (QED) is 0.792. The number of hydrogen-bond acceptors (Lipinski definition) is 3. The summed E-state index contributed by atoms with van der Waals surface area (Å²) in [5.41, 5.74) is 1.95. The molecule has 0 saturated carbocycles. The summed E-state index contributed by atoms with van der Waals surface area (Å²) in [6.45, 7) is 2.34. The molecule has 1 amide bonds. The summed E-state index contributed by atoms with van der Waals surface area (Å²) in [4.78, 5) is 15.6. The van der Waals surface area contributed by atoms with Crippen LogP contribution >= 0.6 is 11.8 Å². The first kappa shape index (κ1) is 14.0. The van der Waals surface area contributed by atoms with E-state index in [0.717, 1.165) is 21.9 Å². The number of hydrogen-bond donors (Lipinski definition) is 0. The number of benzene rings is 2. The number of nitrogens with zero attached hydrogens (tertiary/aromatic N) is 1. The third-order valence-corrected chi connectivity index (χ3v) is 4.31. The van der Waals surface area contributed by atoms with Gasteiger partial charge >= 0.3 is 0 Å². The van der Waals surface area contributed by atoms with Crippen LogP contribution in [-0.2, 0) is 11.3 Å². The van der Waals surface area contributed by atoms with E-state index >= 15 is 0 Å². The van der Waals surface area contributed by atoms with Crippen molar-refractivity contribution in [3.63, 3.8) is 0 Å². The average Bonchev–Trinajstić information content (AvgIpc) is 2.65.